The van der Waals surface area contributed by atoms with Crippen LogP contribution < -0.4 is 5.32 Å². The second-order valence-electron chi connectivity index (χ2n) is 7.15. The molecule has 0 spiro atoms. The number of likely N-dealkylation sites (N-methyl/N-ethyl adjacent to an activating group) is 2. The molecule has 1 N–H and O–H groups in total. The van der Waals surface area contributed by atoms with Crippen molar-refractivity contribution in [3.8, 4) is 0 Å². The molecule has 1 aromatic heterocycles. The standard InChI is InChI=1S/C19H25N5O.2ClH/c1-22-12-15-6-4-3-5-14(15)9-17(22)13-23(2)19(25)18-10-16-11-20-7-8-24(16)21-18;;/h3-6,10,17,20H,7-9,11-13H2,1-2H3;2*1H. The lowest BCUT2D eigenvalue weighted by atomic mass is 9.94. The summed E-state index contributed by atoms with van der Waals surface area (Å²) in [4.78, 5) is 17.0. The maximum atomic E-state index is 12.8. The second kappa shape index (κ2) is 9.06. The molecule has 148 valence electrons. The normalized spacial score (nSPS) is 18.5. The molecule has 0 fully saturated rings. The van der Waals surface area contributed by atoms with Crippen LogP contribution in [0.5, 0.6) is 0 Å². The van der Waals surface area contributed by atoms with E-state index in [2.05, 4.69) is 46.6 Å². The summed E-state index contributed by atoms with van der Waals surface area (Å²) in [6.45, 7) is 4.17. The predicted octanol–water partition coefficient (Wildman–Crippen LogP) is 1.96. The van der Waals surface area contributed by atoms with Gasteiger partial charge in [0, 0.05) is 39.3 Å². The van der Waals surface area contributed by atoms with E-state index in [1.54, 1.807) is 0 Å². The Morgan fingerprint density at radius 2 is 2.04 bits per heavy atom. The van der Waals surface area contributed by atoms with E-state index in [4.69, 9.17) is 0 Å². The predicted molar refractivity (Wildman–Crippen MR) is 111 cm³/mol. The van der Waals surface area contributed by atoms with Crippen LogP contribution in [-0.4, -0.2) is 58.7 Å². The molecule has 2 aliphatic rings. The van der Waals surface area contributed by atoms with Gasteiger partial charge in [-0.15, -0.1) is 24.8 Å². The molecule has 4 rings (SSSR count). The Morgan fingerprint density at radius 3 is 2.78 bits per heavy atom. The lowest BCUT2D eigenvalue weighted by Crippen LogP contribution is -2.46. The highest BCUT2D eigenvalue weighted by Crippen LogP contribution is 2.22. The van der Waals surface area contributed by atoms with Crippen LogP contribution in [0.2, 0.25) is 0 Å². The largest absolute Gasteiger partial charge is 0.339 e. The molecule has 8 heteroatoms. The fourth-order valence-corrected chi connectivity index (χ4v) is 3.81. The fourth-order valence-electron chi connectivity index (χ4n) is 3.81. The number of aromatic nitrogens is 2. The lowest BCUT2D eigenvalue weighted by molar-refractivity contribution is 0.0727. The third kappa shape index (κ3) is 4.46. The molecule has 3 heterocycles. The summed E-state index contributed by atoms with van der Waals surface area (Å²) < 4.78 is 1.94. The maximum Gasteiger partial charge on any atom is 0.274 e. The quantitative estimate of drug-likeness (QED) is 0.838. The summed E-state index contributed by atoms with van der Waals surface area (Å²) in [7, 11) is 4.02. The van der Waals surface area contributed by atoms with E-state index in [1.165, 1.54) is 11.1 Å². The summed E-state index contributed by atoms with van der Waals surface area (Å²) in [6, 6.07) is 10.8. The van der Waals surface area contributed by atoms with E-state index < -0.39 is 0 Å². The number of hydrogen-bond donors (Lipinski definition) is 1. The first-order valence-electron chi connectivity index (χ1n) is 8.92. The highest BCUT2D eigenvalue weighted by molar-refractivity contribution is 5.92. The summed E-state index contributed by atoms with van der Waals surface area (Å²) in [5, 5.41) is 7.80. The van der Waals surface area contributed by atoms with Gasteiger partial charge in [-0.2, -0.15) is 5.10 Å². The number of nitrogens with one attached hydrogen (secondary N) is 1. The summed E-state index contributed by atoms with van der Waals surface area (Å²) >= 11 is 0. The van der Waals surface area contributed by atoms with Crippen LogP contribution in [0.25, 0.3) is 0 Å². The van der Waals surface area contributed by atoms with E-state index in [0.29, 0.717) is 18.3 Å². The molecule has 6 nitrogen and oxygen atoms in total. The Bertz CT molecular complexity index is 771. The average molecular weight is 412 g/mol. The van der Waals surface area contributed by atoms with Gasteiger partial charge < -0.3 is 10.2 Å². The van der Waals surface area contributed by atoms with Crippen LogP contribution >= 0.6 is 24.8 Å². The van der Waals surface area contributed by atoms with Gasteiger partial charge in [-0.25, -0.2) is 0 Å². The van der Waals surface area contributed by atoms with Crippen molar-refractivity contribution in [1.82, 2.24) is 24.9 Å². The number of nitrogens with zero attached hydrogens (tertiary/aromatic N) is 4. The van der Waals surface area contributed by atoms with Crippen LogP contribution in [0.3, 0.4) is 0 Å². The van der Waals surface area contributed by atoms with Crippen molar-refractivity contribution in [2.24, 2.45) is 0 Å². The zero-order chi connectivity index (χ0) is 17.4. The molecule has 0 radical (unpaired) electrons. The Morgan fingerprint density at radius 1 is 1.30 bits per heavy atom. The average Bonchev–Trinajstić information content (AvgIpc) is 3.05. The smallest absolute Gasteiger partial charge is 0.274 e. The molecule has 1 atom stereocenters. The van der Waals surface area contributed by atoms with Gasteiger partial charge in [0.15, 0.2) is 5.69 Å². The van der Waals surface area contributed by atoms with Gasteiger partial charge in [0.1, 0.15) is 0 Å². The fraction of sp³-hybridized carbons (Fsp3) is 0.474. The van der Waals surface area contributed by atoms with Gasteiger partial charge in [-0.05, 0) is 30.7 Å². The highest BCUT2D eigenvalue weighted by atomic mass is 35.5. The lowest BCUT2D eigenvalue weighted by Gasteiger charge is -2.36. The third-order valence-electron chi connectivity index (χ3n) is 5.34. The number of amides is 1. The number of rotatable bonds is 3. The van der Waals surface area contributed by atoms with Gasteiger partial charge in [-0.3, -0.25) is 14.4 Å². The van der Waals surface area contributed by atoms with Crippen LogP contribution in [0, 0.1) is 0 Å². The number of carbonyl (C=O) groups is 1. The second-order valence-corrected chi connectivity index (χ2v) is 7.15. The van der Waals surface area contributed by atoms with Gasteiger partial charge in [0.05, 0.1) is 12.2 Å². The molecule has 1 amide bonds. The molecule has 0 saturated heterocycles. The zero-order valence-corrected chi connectivity index (χ0v) is 17.4. The van der Waals surface area contributed by atoms with Gasteiger partial charge >= 0.3 is 0 Å². The van der Waals surface area contributed by atoms with E-state index in [-0.39, 0.29) is 30.7 Å². The minimum Gasteiger partial charge on any atom is -0.339 e. The van der Waals surface area contributed by atoms with Crippen molar-refractivity contribution in [3.63, 3.8) is 0 Å². The van der Waals surface area contributed by atoms with Gasteiger partial charge in [0.2, 0.25) is 0 Å². The minimum atomic E-state index is 0. The van der Waals surface area contributed by atoms with Crippen molar-refractivity contribution in [1.29, 1.82) is 0 Å². The molecule has 1 aromatic carbocycles. The first-order valence-corrected chi connectivity index (χ1v) is 8.92. The zero-order valence-electron chi connectivity index (χ0n) is 15.7. The topological polar surface area (TPSA) is 53.4 Å². The minimum absolute atomic E-state index is 0. The molecule has 0 aliphatic carbocycles. The SMILES string of the molecule is CN(CC1Cc2ccccc2CN1C)C(=O)c1cc2n(n1)CCNC2.Cl.Cl. The van der Waals surface area contributed by atoms with Crippen LogP contribution in [-0.2, 0) is 26.1 Å². The number of benzene rings is 1. The van der Waals surface area contributed by atoms with Crippen LogP contribution in [0.1, 0.15) is 27.3 Å². The van der Waals surface area contributed by atoms with E-state index in [1.807, 2.05) is 22.7 Å². The molecule has 0 saturated carbocycles. The molecule has 0 bridgehead atoms. The monoisotopic (exact) mass is 411 g/mol. The van der Waals surface area contributed by atoms with Crippen molar-refractivity contribution in [2.45, 2.75) is 32.1 Å². The van der Waals surface area contributed by atoms with Crippen molar-refractivity contribution >= 4 is 30.7 Å². The summed E-state index contributed by atoms with van der Waals surface area (Å²) in [5.41, 5.74) is 4.44. The van der Waals surface area contributed by atoms with E-state index >= 15 is 0 Å². The molecular weight excluding hydrogens is 385 g/mol. The number of carbonyl (C=O) groups excluding carboxylic acids is 1. The molecular formula is C19H27Cl2N5O. The molecule has 2 aliphatic heterocycles. The van der Waals surface area contributed by atoms with E-state index in [0.717, 1.165) is 38.3 Å². The van der Waals surface area contributed by atoms with Crippen molar-refractivity contribution < 1.29 is 4.79 Å². The summed E-state index contributed by atoms with van der Waals surface area (Å²) in [5.74, 6) is 0.00848. The molecule has 2 aromatic rings. The number of halogens is 2. The summed E-state index contributed by atoms with van der Waals surface area (Å²) in [6.07, 6.45) is 0.980. The first kappa shape index (κ1) is 21.7. The third-order valence-corrected chi connectivity index (χ3v) is 5.34. The van der Waals surface area contributed by atoms with Crippen molar-refractivity contribution in [3.05, 3.63) is 52.8 Å². The Labute approximate surface area is 172 Å². The highest BCUT2D eigenvalue weighted by Gasteiger charge is 2.27. The number of fused-ring (bicyclic) bond motifs is 2. The first-order chi connectivity index (χ1) is 12.1. The Hall–Kier alpha value is -1.60. The maximum absolute atomic E-state index is 12.8. The van der Waals surface area contributed by atoms with Crippen molar-refractivity contribution in [2.75, 3.05) is 27.2 Å². The van der Waals surface area contributed by atoms with E-state index in [9.17, 15) is 4.79 Å². The molecule has 27 heavy (non-hydrogen) atoms. The van der Waals surface area contributed by atoms with Gasteiger partial charge in [0.25, 0.3) is 5.91 Å². The van der Waals surface area contributed by atoms with Crippen LogP contribution in [0.4, 0.5) is 0 Å². The molecule has 1 unspecified atom stereocenters. The van der Waals surface area contributed by atoms with Gasteiger partial charge in [-0.1, -0.05) is 24.3 Å². The Kier molecular flexibility index (Phi) is 7.28. The van der Waals surface area contributed by atoms with Crippen LogP contribution in [0.15, 0.2) is 30.3 Å². The number of hydrogen-bond acceptors (Lipinski definition) is 4. The Balaban J connectivity index is 0.00000131.